The van der Waals surface area contributed by atoms with Gasteiger partial charge in [0, 0.05) is 6.04 Å². The van der Waals surface area contributed by atoms with Crippen LogP contribution in [0.4, 0.5) is 15.8 Å². The third-order valence-electron chi connectivity index (χ3n) is 3.47. The van der Waals surface area contributed by atoms with Crippen LogP contribution in [0.5, 0.6) is 0 Å². The zero-order valence-corrected chi connectivity index (χ0v) is 11.9. The standard InChI is InChI=1S/C14H17FN2O4/c1-8(5-9-3-4-9)16-12-6-10(14(18)21-2)11(15)7-13(12)17(19)20/h6-9,16H,3-5H2,1-2H3. The fraction of sp³-hybridized carbons (Fsp3) is 0.500. The SMILES string of the molecule is COC(=O)c1cc(NC(C)CC2CC2)c([N+](=O)[O-])cc1F. The lowest BCUT2D eigenvalue weighted by molar-refractivity contribution is -0.384. The molecule has 0 spiro atoms. The van der Waals surface area contributed by atoms with Crippen molar-refractivity contribution in [2.75, 3.05) is 12.4 Å². The molecule has 1 aliphatic carbocycles. The number of nitro groups is 1. The number of carbonyl (C=O) groups excluding carboxylic acids is 1. The van der Waals surface area contributed by atoms with Crippen molar-refractivity contribution in [1.82, 2.24) is 0 Å². The second kappa shape index (κ2) is 6.07. The normalized spacial score (nSPS) is 15.4. The summed E-state index contributed by atoms with van der Waals surface area (Å²) in [6.45, 7) is 1.91. The smallest absolute Gasteiger partial charge is 0.340 e. The van der Waals surface area contributed by atoms with Crippen molar-refractivity contribution < 1.29 is 18.8 Å². The fourth-order valence-corrected chi connectivity index (χ4v) is 2.27. The first kappa shape index (κ1) is 15.2. The fourth-order valence-electron chi connectivity index (χ4n) is 2.27. The Labute approximate surface area is 121 Å². The monoisotopic (exact) mass is 296 g/mol. The van der Waals surface area contributed by atoms with Crippen LogP contribution in [0, 0.1) is 21.8 Å². The number of carbonyl (C=O) groups is 1. The zero-order valence-electron chi connectivity index (χ0n) is 11.9. The maximum atomic E-state index is 13.8. The molecule has 1 fully saturated rings. The van der Waals surface area contributed by atoms with Crippen molar-refractivity contribution in [1.29, 1.82) is 0 Å². The van der Waals surface area contributed by atoms with Crippen LogP contribution in [0.25, 0.3) is 0 Å². The maximum absolute atomic E-state index is 13.8. The van der Waals surface area contributed by atoms with E-state index in [0.717, 1.165) is 25.7 Å². The molecule has 1 unspecified atom stereocenters. The summed E-state index contributed by atoms with van der Waals surface area (Å²) in [4.78, 5) is 21.8. The van der Waals surface area contributed by atoms with Gasteiger partial charge in [-0.2, -0.15) is 0 Å². The summed E-state index contributed by atoms with van der Waals surface area (Å²) >= 11 is 0. The number of anilines is 1. The zero-order chi connectivity index (χ0) is 15.6. The average molecular weight is 296 g/mol. The molecule has 0 bridgehead atoms. The van der Waals surface area contributed by atoms with E-state index in [2.05, 4.69) is 10.1 Å². The first-order valence-corrected chi connectivity index (χ1v) is 6.75. The van der Waals surface area contributed by atoms with E-state index in [1.54, 1.807) is 0 Å². The van der Waals surface area contributed by atoms with Crippen LogP contribution in [0.15, 0.2) is 12.1 Å². The molecule has 114 valence electrons. The van der Waals surface area contributed by atoms with Gasteiger partial charge >= 0.3 is 5.97 Å². The molecule has 2 rings (SSSR count). The first-order chi connectivity index (χ1) is 9.92. The number of ether oxygens (including phenoxy) is 1. The number of nitrogens with one attached hydrogen (secondary N) is 1. The minimum absolute atomic E-state index is 0.00663. The second-order valence-electron chi connectivity index (χ2n) is 5.32. The number of rotatable bonds is 6. The number of nitro benzene ring substituents is 1. The van der Waals surface area contributed by atoms with Crippen LogP contribution in [0.3, 0.4) is 0 Å². The van der Waals surface area contributed by atoms with E-state index in [1.807, 2.05) is 6.92 Å². The lowest BCUT2D eigenvalue weighted by Crippen LogP contribution is -2.18. The first-order valence-electron chi connectivity index (χ1n) is 6.75. The van der Waals surface area contributed by atoms with Gasteiger partial charge in [0.1, 0.15) is 11.5 Å². The molecule has 0 amide bonds. The van der Waals surface area contributed by atoms with Gasteiger partial charge in [-0.05, 0) is 25.3 Å². The molecule has 1 atom stereocenters. The Morgan fingerprint density at radius 1 is 1.57 bits per heavy atom. The Kier molecular flexibility index (Phi) is 4.40. The Hall–Kier alpha value is -2.18. The molecule has 0 heterocycles. The summed E-state index contributed by atoms with van der Waals surface area (Å²) in [6, 6.07) is 1.90. The van der Waals surface area contributed by atoms with Gasteiger partial charge < -0.3 is 10.1 Å². The van der Waals surface area contributed by atoms with Crippen molar-refractivity contribution in [3.63, 3.8) is 0 Å². The van der Waals surface area contributed by atoms with E-state index in [4.69, 9.17) is 0 Å². The maximum Gasteiger partial charge on any atom is 0.340 e. The molecule has 1 aromatic carbocycles. The molecule has 0 saturated heterocycles. The number of hydrogen-bond acceptors (Lipinski definition) is 5. The van der Waals surface area contributed by atoms with Crippen LogP contribution >= 0.6 is 0 Å². The second-order valence-corrected chi connectivity index (χ2v) is 5.32. The summed E-state index contributed by atoms with van der Waals surface area (Å²) in [5.74, 6) is -1.18. The van der Waals surface area contributed by atoms with E-state index in [-0.39, 0.29) is 23.0 Å². The lowest BCUT2D eigenvalue weighted by atomic mass is 10.1. The molecule has 1 saturated carbocycles. The van der Waals surface area contributed by atoms with Crippen molar-refractivity contribution in [2.24, 2.45) is 5.92 Å². The largest absolute Gasteiger partial charge is 0.465 e. The van der Waals surface area contributed by atoms with Gasteiger partial charge in [-0.1, -0.05) is 12.8 Å². The van der Waals surface area contributed by atoms with Gasteiger partial charge in [0.05, 0.1) is 23.7 Å². The van der Waals surface area contributed by atoms with Crippen LogP contribution in [0.1, 0.15) is 36.5 Å². The van der Waals surface area contributed by atoms with Crippen molar-refractivity contribution in [3.8, 4) is 0 Å². The van der Waals surface area contributed by atoms with Crippen molar-refractivity contribution >= 4 is 17.3 Å². The third-order valence-corrected chi connectivity index (χ3v) is 3.47. The van der Waals surface area contributed by atoms with E-state index >= 15 is 0 Å². The molecular formula is C14H17FN2O4. The summed E-state index contributed by atoms with van der Waals surface area (Å²) in [5.41, 5.74) is -0.568. The summed E-state index contributed by atoms with van der Waals surface area (Å²) in [7, 11) is 1.13. The molecule has 0 aliphatic heterocycles. The summed E-state index contributed by atoms with van der Waals surface area (Å²) < 4.78 is 18.2. The lowest BCUT2D eigenvalue weighted by Gasteiger charge is -2.15. The molecule has 0 aromatic heterocycles. The van der Waals surface area contributed by atoms with Crippen LogP contribution in [-0.2, 0) is 4.74 Å². The van der Waals surface area contributed by atoms with Gasteiger partial charge in [0.15, 0.2) is 0 Å². The predicted molar refractivity (Wildman–Crippen MR) is 74.8 cm³/mol. The molecule has 6 nitrogen and oxygen atoms in total. The number of halogens is 1. The number of benzene rings is 1. The van der Waals surface area contributed by atoms with Crippen molar-refractivity contribution in [2.45, 2.75) is 32.2 Å². The Morgan fingerprint density at radius 2 is 2.24 bits per heavy atom. The third kappa shape index (κ3) is 3.68. The minimum Gasteiger partial charge on any atom is -0.465 e. The Morgan fingerprint density at radius 3 is 2.76 bits per heavy atom. The number of hydrogen-bond donors (Lipinski definition) is 1. The van der Waals surface area contributed by atoms with Gasteiger partial charge in [0.25, 0.3) is 5.69 Å². The molecule has 1 aliphatic rings. The van der Waals surface area contributed by atoms with Gasteiger partial charge in [-0.25, -0.2) is 9.18 Å². The minimum atomic E-state index is -0.964. The highest BCUT2D eigenvalue weighted by molar-refractivity contribution is 5.92. The average Bonchev–Trinajstić information content (AvgIpc) is 3.22. The predicted octanol–water partition coefficient (Wildman–Crippen LogP) is 3.12. The van der Waals surface area contributed by atoms with Gasteiger partial charge in [-0.3, -0.25) is 10.1 Å². The topological polar surface area (TPSA) is 81.5 Å². The molecule has 0 radical (unpaired) electrons. The van der Waals surface area contributed by atoms with Crippen molar-refractivity contribution in [3.05, 3.63) is 33.6 Å². The number of methoxy groups -OCH3 is 1. The Bertz CT molecular complexity index is 572. The Balaban J connectivity index is 2.30. The highest BCUT2D eigenvalue weighted by Crippen LogP contribution is 2.35. The molecule has 1 aromatic rings. The quantitative estimate of drug-likeness (QED) is 0.495. The molecule has 7 heteroatoms. The van der Waals surface area contributed by atoms with E-state index in [9.17, 15) is 19.3 Å². The van der Waals surface area contributed by atoms with E-state index in [0.29, 0.717) is 5.92 Å². The molecular weight excluding hydrogens is 279 g/mol. The van der Waals surface area contributed by atoms with Crippen LogP contribution < -0.4 is 5.32 Å². The molecule has 21 heavy (non-hydrogen) atoms. The number of esters is 1. The van der Waals surface area contributed by atoms with E-state index < -0.39 is 16.7 Å². The summed E-state index contributed by atoms with van der Waals surface area (Å²) in [6.07, 6.45) is 3.23. The highest BCUT2D eigenvalue weighted by atomic mass is 19.1. The molecule has 1 N–H and O–H groups in total. The summed E-state index contributed by atoms with van der Waals surface area (Å²) in [5, 5.41) is 14.0. The van der Waals surface area contributed by atoms with Crippen LogP contribution in [0.2, 0.25) is 0 Å². The van der Waals surface area contributed by atoms with Gasteiger partial charge in [0.2, 0.25) is 0 Å². The number of nitrogens with zero attached hydrogens (tertiary/aromatic N) is 1. The van der Waals surface area contributed by atoms with Crippen LogP contribution in [-0.4, -0.2) is 24.0 Å². The van der Waals surface area contributed by atoms with E-state index in [1.165, 1.54) is 12.8 Å². The van der Waals surface area contributed by atoms with Gasteiger partial charge in [-0.15, -0.1) is 0 Å². The highest BCUT2D eigenvalue weighted by Gasteiger charge is 2.26.